The number of amides is 1. The van der Waals surface area contributed by atoms with Gasteiger partial charge in [-0.25, -0.2) is 4.79 Å². The lowest BCUT2D eigenvalue weighted by Crippen LogP contribution is -2.53. The zero-order chi connectivity index (χ0) is 13.1. The van der Waals surface area contributed by atoms with E-state index in [-0.39, 0.29) is 19.0 Å². The zero-order valence-corrected chi connectivity index (χ0v) is 10.4. The second kappa shape index (κ2) is 5.35. The standard InChI is InChI=1S/C11H19NO5/c1-11(2,3)17-10(15)12(5-4-9(13)14)8-6-16-7-8/h8H,4-7H2,1-3H3,(H,13,14). The molecule has 0 aromatic rings. The first kappa shape index (κ1) is 13.8. The molecule has 6 nitrogen and oxygen atoms in total. The molecule has 17 heavy (non-hydrogen) atoms. The predicted octanol–water partition coefficient (Wildman–Crippen LogP) is 1.10. The molecular formula is C11H19NO5. The van der Waals surface area contributed by atoms with Gasteiger partial charge in [-0.15, -0.1) is 0 Å². The second-order valence-corrected chi connectivity index (χ2v) is 5.01. The largest absolute Gasteiger partial charge is 0.481 e. The first-order valence-corrected chi connectivity index (χ1v) is 5.59. The number of ether oxygens (including phenoxy) is 2. The molecule has 1 rings (SSSR count). The van der Waals surface area contributed by atoms with Gasteiger partial charge in [-0.2, -0.15) is 0 Å². The maximum absolute atomic E-state index is 11.9. The Bertz CT molecular complexity index is 293. The third-order valence-corrected chi connectivity index (χ3v) is 2.26. The van der Waals surface area contributed by atoms with E-state index in [2.05, 4.69) is 0 Å². The first-order valence-electron chi connectivity index (χ1n) is 5.59. The fourth-order valence-electron chi connectivity index (χ4n) is 1.36. The fraction of sp³-hybridized carbons (Fsp3) is 0.818. The van der Waals surface area contributed by atoms with Crippen molar-refractivity contribution in [2.45, 2.75) is 38.8 Å². The van der Waals surface area contributed by atoms with Gasteiger partial charge in [0.25, 0.3) is 0 Å². The van der Waals surface area contributed by atoms with E-state index in [4.69, 9.17) is 14.6 Å². The summed E-state index contributed by atoms with van der Waals surface area (Å²) in [4.78, 5) is 23.8. The topological polar surface area (TPSA) is 76.1 Å². The van der Waals surface area contributed by atoms with Crippen LogP contribution < -0.4 is 0 Å². The Kier molecular flexibility index (Phi) is 4.34. The Morgan fingerprint density at radius 3 is 2.35 bits per heavy atom. The van der Waals surface area contributed by atoms with Crippen LogP contribution in [-0.2, 0) is 14.3 Å². The van der Waals surface area contributed by atoms with Gasteiger partial charge in [0.05, 0.1) is 25.7 Å². The van der Waals surface area contributed by atoms with E-state index in [1.165, 1.54) is 4.90 Å². The summed E-state index contributed by atoms with van der Waals surface area (Å²) in [7, 11) is 0. The smallest absolute Gasteiger partial charge is 0.410 e. The Balaban J connectivity index is 2.55. The molecule has 98 valence electrons. The number of nitrogens with zero attached hydrogens (tertiary/aromatic N) is 1. The number of hydrogen-bond donors (Lipinski definition) is 1. The van der Waals surface area contributed by atoms with Gasteiger partial charge in [-0.05, 0) is 20.8 Å². The quantitative estimate of drug-likeness (QED) is 0.802. The summed E-state index contributed by atoms with van der Waals surface area (Å²) in [5.74, 6) is -0.932. The number of rotatable bonds is 4. The molecule has 1 heterocycles. The highest BCUT2D eigenvalue weighted by atomic mass is 16.6. The summed E-state index contributed by atoms with van der Waals surface area (Å²) < 4.78 is 10.2. The SMILES string of the molecule is CC(C)(C)OC(=O)N(CCC(=O)O)C1COC1. The molecule has 0 spiro atoms. The Morgan fingerprint density at radius 2 is 2.00 bits per heavy atom. The lowest BCUT2D eigenvalue weighted by atomic mass is 10.2. The minimum Gasteiger partial charge on any atom is -0.481 e. The van der Waals surface area contributed by atoms with Crippen LogP contribution in [0.3, 0.4) is 0 Å². The fourth-order valence-corrected chi connectivity index (χ4v) is 1.36. The van der Waals surface area contributed by atoms with Crippen LogP contribution in [0, 0.1) is 0 Å². The maximum Gasteiger partial charge on any atom is 0.410 e. The van der Waals surface area contributed by atoms with Crippen molar-refractivity contribution in [1.29, 1.82) is 0 Å². The van der Waals surface area contributed by atoms with Gasteiger partial charge in [0.15, 0.2) is 0 Å². The highest BCUT2D eigenvalue weighted by Crippen LogP contribution is 2.16. The van der Waals surface area contributed by atoms with Gasteiger partial charge in [0.1, 0.15) is 5.60 Å². The molecule has 0 aliphatic carbocycles. The number of carboxylic acids is 1. The van der Waals surface area contributed by atoms with Crippen molar-refractivity contribution < 1.29 is 24.2 Å². The molecule has 0 unspecified atom stereocenters. The first-order chi connectivity index (χ1) is 7.79. The average molecular weight is 245 g/mol. The molecule has 0 bridgehead atoms. The lowest BCUT2D eigenvalue weighted by Gasteiger charge is -2.37. The van der Waals surface area contributed by atoms with Gasteiger partial charge >= 0.3 is 12.1 Å². The van der Waals surface area contributed by atoms with Crippen molar-refractivity contribution in [2.24, 2.45) is 0 Å². The van der Waals surface area contributed by atoms with Crippen LogP contribution in [0.15, 0.2) is 0 Å². The van der Waals surface area contributed by atoms with Gasteiger partial charge < -0.3 is 14.6 Å². The highest BCUT2D eigenvalue weighted by Gasteiger charge is 2.32. The van der Waals surface area contributed by atoms with E-state index in [1.807, 2.05) is 0 Å². The van der Waals surface area contributed by atoms with E-state index in [0.29, 0.717) is 13.2 Å². The lowest BCUT2D eigenvalue weighted by molar-refractivity contribution is -0.138. The number of carbonyl (C=O) groups excluding carboxylic acids is 1. The minimum atomic E-state index is -0.932. The Labute approximate surface area is 100 Å². The van der Waals surface area contributed by atoms with E-state index in [1.54, 1.807) is 20.8 Å². The highest BCUT2D eigenvalue weighted by molar-refractivity contribution is 5.71. The normalized spacial score (nSPS) is 16.2. The third kappa shape index (κ3) is 4.60. The molecule has 1 saturated heterocycles. The van der Waals surface area contributed by atoms with E-state index in [0.717, 1.165) is 0 Å². The summed E-state index contributed by atoms with van der Waals surface area (Å²) in [5, 5.41) is 8.64. The molecule has 1 aliphatic rings. The number of carbonyl (C=O) groups is 2. The second-order valence-electron chi connectivity index (χ2n) is 5.01. The molecule has 1 amide bonds. The number of aliphatic carboxylic acids is 1. The van der Waals surface area contributed by atoms with Crippen molar-refractivity contribution in [1.82, 2.24) is 4.90 Å². The van der Waals surface area contributed by atoms with Gasteiger partial charge in [0, 0.05) is 6.54 Å². The van der Waals surface area contributed by atoms with Crippen LogP contribution in [0.25, 0.3) is 0 Å². The molecule has 0 radical (unpaired) electrons. The molecular weight excluding hydrogens is 226 g/mol. The number of carboxylic acid groups (broad SMARTS) is 1. The monoisotopic (exact) mass is 245 g/mol. The van der Waals surface area contributed by atoms with Crippen LogP contribution in [0.4, 0.5) is 4.79 Å². The maximum atomic E-state index is 11.9. The Morgan fingerprint density at radius 1 is 1.41 bits per heavy atom. The molecule has 0 aromatic heterocycles. The molecule has 1 aliphatic heterocycles. The van der Waals surface area contributed by atoms with Gasteiger partial charge in [0.2, 0.25) is 0 Å². The molecule has 0 atom stereocenters. The molecule has 0 aromatic carbocycles. The summed E-state index contributed by atoms with van der Waals surface area (Å²) >= 11 is 0. The molecule has 1 fully saturated rings. The van der Waals surface area contributed by atoms with Crippen molar-refractivity contribution in [3.8, 4) is 0 Å². The summed E-state index contributed by atoms with van der Waals surface area (Å²) in [5.41, 5.74) is -0.580. The summed E-state index contributed by atoms with van der Waals surface area (Å²) in [6, 6.07) is -0.0656. The minimum absolute atomic E-state index is 0.0656. The molecule has 6 heteroatoms. The third-order valence-electron chi connectivity index (χ3n) is 2.26. The van der Waals surface area contributed by atoms with Crippen LogP contribution in [-0.4, -0.2) is 53.5 Å². The van der Waals surface area contributed by atoms with Crippen LogP contribution in [0.5, 0.6) is 0 Å². The number of hydrogen-bond acceptors (Lipinski definition) is 4. The predicted molar refractivity (Wildman–Crippen MR) is 59.8 cm³/mol. The van der Waals surface area contributed by atoms with Crippen molar-refractivity contribution in [3.63, 3.8) is 0 Å². The van der Waals surface area contributed by atoms with Crippen molar-refractivity contribution >= 4 is 12.1 Å². The van der Waals surface area contributed by atoms with Gasteiger partial charge in [-0.1, -0.05) is 0 Å². The average Bonchev–Trinajstić information content (AvgIpc) is 2.04. The van der Waals surface area contributed by atoms with Crippen LogP contribution in [0.1, 0.15) is 27.2 Å². The Hall–Kier alpha value is -1.30. The molecule has 0 saturated carbocycles. The van der Waals surface area contributed by atoms with E-state index >= 15 is 0 Å². The van der Waals surface area contributed by atoms with E-state index in [9.17, 15) is 9.59 Å². The summed E-state index contributed by atoms with van der Waals surface area (Å²) in [6.45, 7) is 6.36. The van der Waals surface area contributed by atoms with Crippen molar-refractivity contribution in [2.75, 3.05) is 19.8 Å². The van der Waals surface area contributed by atoms with E-state index < -0.39 is 17.7 Å². The summed E-state index contributed by atoms with van der Waals surface area (Å²) in [6.07, 6.45) is -0.567. The zero-order valence-electron chi connectivity index (χ0n) is 10.4. The molecule has 1 N–H and O–H groups in total. The van der Waals surface area contributed by atoms with Crippen LogP contribution >= 0.6 is 0 Å². The van der Waals surface area contributed by atoms with Crippen LogP contribution in [0.2, 0.25) is 0 Å². The van der Waals surface area contributed by atoms with Crippen molar-refractivity contribution in [3.05, 3.63) is 0 Å². The van der Waals surface area contributed by atoms with Gasteiger partial charge in [-0.3, -0.25) is 9.69 Å².